The molecule has 3 aliphatic heterocycles. The Morgan fingerprint density at radius 1 is 1.31 bits per heavy atom. The van der Waals surface area contributed by atoms with Gasteiger partial charge < -0.3 is 20.1 Å². The molecule has 6 atom stereocenters. The van der Waals surface area contributed by atoms with Crippen molar-refractivity contribution in [3.8, 4) is 0 Å². The van der Waals surface area contributed by atoms with Gasteiger partial charge in [0.25, 0.3) is 0 Å². The number of rotatable bonds is 7. The number of ether oxygens (including phenoxy) is 1. The van der Waals surface area contributed by atoms with E-state index >= 15 is 0 Å². The van der Waals surface area contributed by atoms with Gasteiger partial charge in [0, 0.05) is 10.8 Å². The second-order valence-corrected chi connectivity index (χ2v) is 11.3. The van der Waals surface area contributed by atoms with Gasteiger partial charge in [-0.15, -0.1) is 11.8 Å². The summed E-state index contributed by atoms with van der Waals surface area (Å²) in [5.74, 6) is -1.93. The first-order chi connectivity index (χ1) is 13.5. The van der Waals surface area contributed by atoms with E-state index in [0.717, 1.165) is 6.42 Å². The zero-order valence-corrected chi connectivity index (χ0v) is 19.0. The standard InChI is InChI=1S/C21H34N2O5S/c1-7-28-19(27)15-14-18(26)23(13(10-24)11(2)3)16(17(25)22-12(4)5)21(14)9-8-20(15,6)29-21/h11-16,24H,7-10H2,1-6H3,(H,22,25)/t13-,14-,15+,16?,20-,21?/m0/s1. The molecule has 2 bridgehead atoms. The zero-order valence-electron chi connectivity index (χ0n) is 18.2. The molecule has 0 aromatic rings. The van der Waals surface area contributed by atoms with Crippen LogP contribution in [-0.4, -0.2) is 68.6 Å². The molecule has 7 nitrogen and oxygen atoms in total. The van der Waals surface area contributed by atoms with E-state index in [9.17, 15) is 19.5 Å². The molecular weight excluding hydrogens is 392 g/mol. The fourth-order valence-electron chi connectivity index (χ4n) is 5.59. The highest BCUT2D eigenvalue weighted by molar-refractivity contribution is 8.02. The number of hydrogen-bond acceptors (Lipinski definition) is 6. The van der Waals surface area contributed by atoms with Crippen LogP contribution >= 0.6 is 11.8 Å². The lowest BCUT2D eigenvalue weighted by Crippen LogP contribution is -2.58. The van der Waals surface area contributed by atoms with Gasteiger partial charge in [0.15, 0.2) is 0 Å². The van der Waals surface area contributed by atoms with Crippen molar-refractivity contribution in [2.75, 3.05) is 13.2 Å². The van der Waals surface area contributed by atoms with Crippen molar-refractivity contribution in [3.63, 3.8) is 0 Å². The average Bonchev–Trinajstić information content (AvgIpc) is 3.16. The molecule has 0 aromatic carbocycles. The van der Waals surface area contributed by atoms with Gasteiger partial charge in [-0.05, 0) is 46.5 Å². The first-order valence-corrected chi connectivity index (χ1v) is 11.5. The first kappa shape index (κ1) is 22.4. The van der Waals surface area contributed by atoms with Gasteiger partial charge in [0.2, 0.25) is 11.8 Å². The molecule has 0 aromatic heterocycles. The van der Waals surface area contributed by atoms with E-state index in [4.69, 9.17) is 4.74 Å². The van der Waals surface area contributed by atoms with Gasteiger partial charge in [-0.25, -0.2) is 0 Å². The number of thioether (sulfide) groups is 1. The number of carbonyl (C=O) groups is 3. The summed E-state index contributed by atoms with van der Waals surface area (Å²) < 4.78 is 4.28. The van der Waals surface area contributed by atoms with Crippen molar-refractivity contribution in [1.82, 2.24) is 10.2 Å². The van der Waals surface area contributed by atoms with Crippen LogP contribution in [0.2, 0.25) is 0 Å². The second-order valence-electron chi connectivity index (χ2n) is 9.38. The Balaban J connectivity index is 2.11. The third-order valence-electron chi connectivity index (χ3n) is 6.75. The molecule has 3 aliphatic rings. The highest BCUT2D eigenvalue weighted by Gasteiger charge is 2.78. The van der Waals surface area contributed by atoms with Gasteiger partial charge >= 0.3 is 5.97 Å². The van der Waals surface area contributed by atoms with E-state index < -0.39 is 33.4 Å². The SMILES string of the molecule is CCOC(=O)[C@H]1[C@H]2C(=O)N([C@@H](CO)C(C)C)C(C(=O)NC(C)C)C23CC[C@]1(C)S3. The van der Waals surface area contributed by atoms with Crippen LogP contribution in [0.15, 0.2) is 0 Å². The molecule has 1 spiro atoms. The lowest BCUT2D eigenvalue weighted by Gasteiger charge is -2.38. The number of nitrogens with zero attached hydrogens (tertiary/aromatic N) is 1. The van der Waals surface area contributed by atoms with Gasteiger partial charge in [0.05, 0.1) is 35.8 Å². The van der Waals surface area contributed by atoms with Crippen LogP contribution in [0.3, 0.4) is 0 Å². The van der Waals surface area contributed by atoms with Crippen molar-refractivity contribution in [2.24, 2.45) is 17.8 Å². The monoisotopic (exact) mass is 426 g/mol. The summed E-state index contributed by atoms with van der Waals surface area (Å²) in [4.78, 5) is 41.6. The second kappa shape index (κ2) is 7.76. The molecule has 0 aliphatic carbocycles. The van der Waals surface area contributed by atoms with Crippen molar-refractivity contribution in [1.29, 1.82) is 0 Å². The van der Waals surface area contributed by atoms with E-state index in [1.165, 1.54) is 0 Å². The molecule has 3 rings (SSSR count). The summed E-state index contributed by atoms with van der Waals surface area (Å²) in [6.45, 7) is 11.5. The first-order valence-electron chi connectivity index (χ1n) is 10.6. The largest absolute Gasteiger partial charge is 0.466 e. The number of aliphatic hydroxyl groups is 1. The van der Waals surface area contributed by atoms with E-state index in [-0.39, 0.29) is 43.0 Å². The summed E-state index contributed by atoms with van der Waals surface area (Å²) in [6.07, 6.45) is 1.46. The molecule has 3 saturated heterocycles. The summed E-state index contributed by atoms with van der Waals surface area (Å²) in [7, 11) is 0. The highest BCUT2D eigenvalue weighted by Crippen LogP contribution is 2.71. The van der Waals surface area contributed by atoms with Crippen LogP contribution in [0.1, 0.15) is 54.4 Å². The van der Waals surface area contributed by atoms with E-state index in [1.807, 2.05) is 34.6 Å². The number of carbonyl (C=O) groups excluding carboxylic acids is 3. The van der Waals surface area contributed by atoms with Crippen molar-refractivity contribution < 1.29 is 24.2 Å². The van der Waals surface area contributed by atoms with Gasteiger partial charge in [-0.2, -0.15) is 0 Å². The highest BCUT2D eigenvalue weighted by atomic mass is 32.2. The van der Waals surface area contributed by atoms with E-state index in [1.54, 1.807) is 23.6 Å². The maximum absolute atomic E-state index is 13.8. The predicted molar refractivity (Wildman–Crippen MR) is 111 cm³/mol. The number of aliphatic hydroxyl groups excluding tert-OH is 1. The fraction of sp³-hybridized carbons (Fsp3) is 0.857. The number of amides is 2. The van der Waals surface area contributed by atoms with Crippen LogP contribution in [0, 0.1) is 17.8 Å². The maximum Gasteiger partial charge on any atom is 0.311 e. The third kappa shape index (κ3) is 3.26. The molecule has 29 heavy (non-hydrogen) atoms. The normalized spacial score (nSPS) is 36.7. The van der Waals surface area contributed by atoms with E-state index in [2.05, 4.69) is 5.32 Å². The minimum absolute atomic E-state index is 0.0210. The molecule has 2 amide bonds. The van der Waals surface area contributed by atoms with Crippen molar-refractivity contribution in [3.05, 3.63) is 0 Å². The molecule has 0 radical (unpaired) electrons. The Bertz CT molecular complexity index is 699. The minimum atomic E-state index is -0.701. The lowest BCUT2D eigenvalue weighted by molar-refractivity contribution is -0.155. The summed E-state index contributed by atoms with van der Waals surface area (Å²) in [5.41, 5.74) is 0. The van der Waals surface area contributed by atoms with Crippen molar-refractivity contribution >= 4 is 29.5 Å². The Hall–Kier alpha value is -1.28. The maximum atomic E-state index is 13.8. The molecule has 0 saturated carbocycles. The molecule has 2 N–H and O–H groups in total. The Kier molecular flexibility index (Phi) is 6.00. The molecule has 8 heteroatoms. The van der Waals surface area contributed by atoms with Crippen LogP contribution < -0.4 is 5.32 Å². The molecule has 3 heterocycles. The Morgan fingerprint density at radius 3 is 2.48 bits per heavy atom. The smallest absolute Gasteiger partial charge is 0.311 e. The van der Waals surface area contributed by atoms with Crippen LogP contribution in [-0.2, 0) is 19.1 Å². The lowest BCUT2D eigenvalue weighted by atomic mass is 9.66. The predicted octanol–water partition coefficient (Wildman–Crippen LogP) is 1.57. The van der Waals surface area contributed by atoms with Crippen LogP contribution in [0.5, 0.6) is 0 Å². The number of nitrogens with one attached hydrogen (secondary N) is 1. The van der Waals surface area contributed by atoms with Crippen LogP contribution in [0.25, 0.3) is 0 Å². The molecule has 164 valence electrons. The number of esters is 1. The van der Waals surface area contributed by atoms with Crippen molar-refractivity contribution in [2.45, 2.75) is 82.0 Å². The van der Waals surface area contributed by atoms with Crippen LogP contribution in [0.4, 0.5) is 0 Å². The number of fused-ring (bicyclic) bond motifs is 1. The topological polar surface area (TPSA) is 95.9 Å². The third-order valence-corrected chi connectivity index (χ3v) is 8.73. The zero-order chi connectivity index (χ0) is 21.7. The van der Waals surface area contributed by atoms with E-state index in [0.29, 0.717) is 6.42 Å². The molecule has 2 unspecified atom stereocenters. The minimum Gasteiger partial charge on any atom is -0.466 e. The summed E-state index contributed by atoms with van der Waals surface area (Å²) in [6, 6.07) is -1.24. The summed E-state index contributed by atoms with van der Waals surface area (Å²) in [5, 5.41) is 13.1. The van der Waals surface area contributed by atoms with Gasteiger partial charge in [-0.3, -0.25) is 14.4 Å². The quantitative estimate of drug-likeness (QED) is 0.600. The number of likely N-dealkylation sites (tertiary alicyclic amines) is 1. The average molecular weight is 427 g/mol. The Morgan fingerprint density at radius 2 is 1.97 bits per heavy atom. The summed E-state index contributed by atoms with van der Waals surface area (Å²) >= 11 is 1.62. The van der Waals surface area contributed by atoms with Gasteiger partial charge in [-0.1, -0.05) is 13.8 Å². The molecular formula is C21H34N2O5S. The van der Waals surface area contributed by atoms with Gasteiger partial charge in [0.1, 0.15) is 6.04 Å². The fourth-order valence-corrected chi connectivity index (χ4v) is 7.93. The number of hydrogen-bond donors (Lipinski definition) is 2. The Labute approximate surface area is 177 Å². The molecule has 3 fully saturated rings.